The van der Waals surface area contributed by atoms with Crippen LogP contribution in [0.25, 0.3) is 0 Å². The fraction of sp³-hybridized carbons (Fsp3) is 0.929. The van der Waals surface area contributed by atoms with Crippen LogP contribution in [0.15, 0.2) is 0 Å². The van der Waals surface area contributed by atoms with E-state index in [2.05, 4.69) is 22.5 Å². The highest BCUT2D eigenvalue weighted by molar-refractivity contribution is 5.74. The van der Waals surface area contributed by atoms with Gasteiger partial charge in [-0.25, -0.2) is 4.79 Å². The van der Waals surface area contributed by atoms with Gasteiger partial charge in [-0.1, -0.05) is 13.8 Å². The number of hydrogen-bond acceptors (Lipinski definition) is 3. The third-order valence-corrected chi connectivity index (χ3v) is 3.96. The number of carbonyl (C=O) groups is 1. The average molecular weight is 271 g/mol. The van der Waals surface area contributed by atoms with E-state index >= 15 is 0 Å². The molecule has 1 aliphatic heterocycles. The molecular weight excluding hydrogens is 242 g/mol. The Kier molecular flexibility index (Phi) is 7.16. The van der Waals surface area contributed by atoms with Crippen molar-refractivity contribution in [3.05, 3.63) is 0 Å². The van der Waals surface area contributed by atoms with Gasteiger partial charge in [0.1, 0.15) is 0 Å². The number of aliphatic hydroxyl groups excluding tert-OH is 1. The Bertz CT molecular complexity index is 273. The average Bonchev–Trinajstić information content (AvgIpc) is 2.37. The predicted molar refractivity (Wildman–Crippen MR) is 77.1 cm³/mol. The number of likely N-dealkylation sites (tertiary alicyclic amines) is 1. The maximum atomic E-state index is 11.7. The normalized spacial score (nSPS) is 23.7. The van der Waals surface area contributed by atoms with Crippen LogP contribution in [-0.4, -0.2) is 54.9 Å². The van der Waals surface area contributed by atoms with Crippen molar-refractivity contribution in [2.45, 2.75) is 39.7 Å². The molecule has 1 rings (SSSR count). The number of nitrogens with zero attached hydrogens (tertiary/aromatic N) is 1. The Labute approximate surface area is 116 Å². The zero-order valence-corrected chi connectivity index (χ0v) is 12.5. The molecule has 3 unspecified atom stereocenters. The summed E-state index contributed by atoms with van der Waals surface area (Å²) in [6, 6.07) is -0.155. The maximum absolute atomic E-state index is 11.7. The van der Waals surface area contributed by atoms with Crippen molar-refractivity contribution in [2.24, 2.45) is 11.8 Å². The first-order chi connectivity index (χ1) is 9.02. The van der Waals surface area contributed by atoms with Crippen LogP contribution in [0.1, 0.15) is 33.6 Å². The molecule has 1 saturated heterocycles. The first-order valence-electron chi connectivity index (χ1n) is 7.40. The molecule has 5 heteroatoms. The first kappa shape index (κ1) is 16.2. The summed E-state index contributed by atoms with van der Waals surface area (Å²) < 4.78 is 0. The summed E-state index contributed by atoms with van der Waals surface area (Å²) in [5.41, 5.74) is 0. The van der Waals surface area contributed by atoms with E-state index in [9.17, 15) is 4.79 Å². The minimum absolute atomic E-state index is 0.0139. The largest absolute Gasteiger partial charge is 0.396 e. The van der Waals surface area contributed by atoms with E-state index in [4.69, 9.17) is 5.11 Å². The molecule has 0 aromatic heterocycles. The second-order valence-corrected chi connectivity index (χ2v) is 5.90. The third-order valence-electron chi connectivity index (χ3n) is 3.96. The van der Waals surface area contributed by atoms with Gasteiger partial charge in [-0.15, -0.1) is 0 Å². The van der Waals surface area contributed by atoms with Gasteiger partial charge in [0.2, 0.25) is 0 Å². The molecule has 0 aliphatic carbocycles. The van der Waals surface area contributed by atoms with Crippen LogP contribution in [0.5, 0.6) is 0 Å². The Hall–Kier alpha value is -0.810. The Balaban J connectivity index is 2.13. The lowest BCUT2D eigenvalue weighted by Gasteiger charge is -2.30. The highest BCUT2D eigenvalue weighted by Crippen LogP contribution is 2.14. The summed E-state index contributed by atoms with van der Waals surface area (Å²) in [5, 5.41) is 14.7. The highest BCUT2D eigenvalue weighted by atomic mass is 16.3. The smallest absolute Gasteiger partial charge is 0.315 e. The summed E-state index contributed by atoms with van der Waals surface area (Å²) in [6.45, 7) is 10.1. The molecule has 0 bridgehead atoms. The first-order valence-corrected chi connectivity index (χ1v) is 7.40. The topological polar surface area (TPSA) is 64.6 Å². The van der Waals surface area contributed by atoms with Gasteiger partial charge in [-0.3, -0.25) is 0 Å². The van der Waals surface area contributed by atoms with Gasteiger partial charge in [0, 0.05) is 32.3 Å². The number of aliphatic hydroxyl groups is 1. The second kappa shape index (κ2) is 8.38. The minimum Gasteiger partial charge on any atom is -0.396 e. The maximum Gasteiger partial charge on any atom is 0.315 e. The lowest BCUT2D eigenvalue weighted by molar-refractivity contribution is 0.181. The van der Waals surface area contributed by atoms with Gasteiger partial charge >= 0.3 is 6.03 Å². The van der Waals surface area contributed by atoms with Crippen LogP contribution >= 0.6 is 0 Å². The van der Waals surface area contributed by atoms with Crippen LogP contribution in [0, 0.1) is 11.8 Å². The van der Waals surface area contributed by atoms with Crippen molar-refractivity contribution in [1.29, 1.82) is 0 Å². The van der Waals surface area contributed by atoms with E-state index in [1.165, 1.54) is 12.8 Å². The van der Waals surface area contributed by atoms with Crippen LogP contribution in [-0.2, 0) is 0 Å². The summed E-state index contributed by atoms with van der Waals surface area (Å²) in [4.78, 5) is 14.1. The molecule has 1 fully saturated rings. The van der Waals surface area contributed by atoms with E-state index in [0.717, 1.165) is 25.6 Å². The van der Waals surface area contributed by atoms with Crippen molar-refractivity contribution in [2.75, 3.05) is 32.8 Å². The van der Waals surface area contributed by atoms with Gasteiger partial charge in [-0.2, -0.15) is 0 Å². The molecule has 0 aromatic carbocycles. The molecule has 0 aromatic rings. The Morgan fingerprint density at radius 1 is 1.47 bits per heavy atom. The Morgan fingerprint density at radius 3 is 2.84 bits per heavy atom. The van der Waals surface area contributed by atoms with Crippen LogP contribution in [0.3, 0.4) is 0 Å². The zero-order valence-electron chi connectivity index (χ0n) is 12.5. The molecule has 19 heavy (non-hydrogen) atoms. The predicted octanol–water partition coefficient (Wildman–Crippen LogP) is 1.03. The van der Waals surface area contributed by atoms with E-state index in [0.29, 0.717) is 6.54 Å². The zero-order chi connectivity index (χ0) is 14.3. The summed E-state index contributed by atoms with van der Waals surface area (Å²) >= 11 is 0. The highest BCUT2D eigenvalue weighted by Gasteiger charge is 2.16. The number of amides is 2. The number of piperidine rings is 1. The lowest BCUT2D eigenvalue weighted by atomic mass is 10.0. The fourth-order valence-corrected chi connectivity index (χ4v) is 2.38. The molecule has 0 saturated carbocycles. The van der Waals surface area contributed by atoms with Crippen molar-refractivity contribution in [3.63, 3.8) is 0 Å². The number of rotatable bonds is 6. The molecule has 5 nitrogen and oxygen atoms in total. The molecule has 0 spiro atoms. The van der Waals surface area contributed by atoms with Crippen LogP contribution in [0.2, 0.25) is 0 Å². The van der Waals surface area contributed by atoms with E-state index in [1.807, 2.05) is 13.8 Å². The molecule has 1 aliphatic rings. The SMILES string of the molecule is CC1CCCN(CCNC(=O)NC(C)C(C)CO)C1. The summed E-state index contributed by atoms with van der Waals surface area (Å²) in [5.74, 6) is 0.849. The molecule has 2 amide bonds. The standard InChI is InChI=1S/C14H29N3O2/c1-11-5-4-7-17(9-11)8-6-15-14(19)16-13(3)12(2)10-18/h11-13,18H,4-10H2,1-3H3,(H2,15,16,19). The van der Waals surface area contributed by atoms with Gasteiger partial charge in [0.15, 0.2) is 0 Å². The van der Waals surface area contributed by atoms with E-state index < -0.39 is 0 Å². The van der Waals surface area contributed by atoms with Gasteiger partial charge in [0.05, 0.1) is 0 Å². The van der Waals surface area contributed by atoms with Crippen LogP contribution in [0.4, 0.5) is 4.79 Å². The van der Waals surface area contributed by atoms with Crippen molar-refractivity contribution in [1.82, 2.24) is 15.5 Å². The van der Waals surface area contributed by atoms with Crippen molar-refractivity contribution in [3.8, 4) is 0 Å². The number of hydrogen-bond donors (Lipinski definition) is 3. The third kappa shape index (κ3) is 6.25. The number of nitrogens with one attached hydrogen (secondary N) is 2. The lowest BCUT2D eigenvalue weighted by Crippen LogP contribution is -2.47. The Morgan fingerprint density at radius 2 is 2.21 bits per heavy atom. The molecule has 1 heterocycles. The molecular formula is C14H29N3O2. The quantitative estimate of drug-likeness (QED) is 0.676. The number of urea groups is 1. The second-order valence-electron chi connectivity index (χ2n) is 5.90. The van der Waals surface area contributed by atoms with E-state index in [1.54, 1.807) is 0 Å². The van der Waals surface area contributed by atoms with Gasteiger partial charge in [-0.05, 0) is 38.1 Å². The summed E-state index contributed by atoms with van der Waals surface area (Å²) in [7, 11) is 0. The monoisotopic (exact) mass is 271 g/mol. The van der Waals surface area contributed by atoms with Crippen molar-refractivity contribution < 1.29 is 9.90 Å². The summed E-state index contributed by atoms with van der Waals surface area (Å²) in [6.07, 6.45) is 2.58. The van der Waals surface area contributed by atoms with Crippen molar-refractivity contribution >= 4 is 6.03 Å². The van der Waals surface area contributed by atoms with Crippen LogP contribution < -0.4 is 10.6 Å². The fourth-order valence-electron chi connectivity index (χ4n) is 2.38. The number of carbonyl (C=O) groups excluding carboxylic acids is 1. The molecule has 3 atom stereocenters. The molecule has 112 valence electrons. The van der Waals surface area contributed by atoms with E-state index in [-0.39, 0.29) is 24.6 Å². The molecule has 3 N–H and O–H groups in total. The van der Waals surface area contributed by atoms with Gasteiger partial charge in [0.25, 0.3) is 0 Å². The minimum atomic E-state index is -0.141. The van der Waals surface area contributed by atoms with Gasteiger partial charge < -0.3 is 20.6 Å². The molecule has 0 radical (unpaired) electrons.